The first-order valence-corrected chi connectivity index (χ1v) is 9.82. The number of benzene rings is 3. The van der Waals surface area contributed by atoms with Crippen molar-refractivity contribution in [3.63, 3.8) is 0 Å². The van der Waals surface area contributed by atoms with Gasteiger partial charge in [-0.3, -0.25) is 0 Å². The molecule has 0 aromatic heterocycles. The van der Waals surface area contributed by atoms with Gasteiger partial charge in [-0.05, 0) is 66.4 Å². The fourth-order valence-electron chi connectivity index (χ4n) is 3.55. The fraction of sp³-hybridized carbons (Fsp3) is 0.143. The maximum atomic E-state index is 12.8. The van der Waals surface area contributed by atoms with Crippen molar-refractivity contribution >= 4 is 39.7 Å². The van der Waals surface area contributed by atoms with Crippen LogP contribution in [0.5, 0.6) is 11.5 Å². The zero-order chi connectivity index (χ0) is 19.4. The standard InChI is InChI=1S/C21H18O5S.Na/c1-13-11-15(7-9-18(13)22)21(16-8-10-19(23)14(2)12-16)17-5-3-4-6-20(17)27(24,25)26-21;/h3-12,22-23H,1-2H3;. The van der Waals surface area contributed by atoms with Crippen molar-refractivity contribution in [1.82, 2.24) is 0 Å². The molecule has 139 valence electrons. The molecule has 1 heterocycles. The van der Waals surface area contributed by atoms with Gasteiger partial charge in [0.05, 0.1) is 0 Å². The van der Waals surface area contributed by atoms with Gasteiger partial charge in [0, 0.05) is 35.1 Å². The SMILES string of the molecule is Cc1cc(C2(c3ccc(O)c(C)c3)OS(=O)(=O)c3ccccc32)ccc1O.[Na]. The molecule has 3 aromatic rings. The minimum atomic E-state index is -3.98. The smallest absolute Gasteiger partial charge is 0.298 e. The van der Waals surface area contributed by atoms with Crippen molar-refractivity contribution < 1.29 is 22.8 Å². The summed E-state index contributed by atoms with van der Waals surface area (Å²) in [4.78, 5) is 0.112. The molecule has 4 rings (SSSR count). The summed E-state index contributed by atoms with van der Waals surface area (Å²) in [6.45, 7) is 3.48. The van der Waals surface area contributed by atoms with E-state index < -0.39 is 15.7 Å². The molecule has 0 amide bonds. The Morgan fingerprint density at radius 3 is 1.82 bits per heavy atom. The fourth-order valence-corrected chi connectivity index (χ4v) is 4.98. The summed E-state index contributed by atoms with van der Waals surface area (Å²) in [5.74, 6) is 0.231. The van der Waals surface area contributed by atoms with Gasteiger partial charge < -0.3 is 10.2 Å². The number of phenols is 2. The number of aryl methyl sites for hydroxylation is 2. The third kappa shape index (κ3) is 3.06. The van der Waals surface area contributed by atoms with E-state index in [2.05, 4.69) is 0 Å². The van der Waals surface area contributed by atoms with Crippen molar-refractivity contribution in [2.45, 2.75) is 24.3 Å². The average molecular weight is 405 g/mol. The van der Waals surface area contributed by atoms with Crippen molar-refractivity contribution in [3.8, 4) is 11.5 Å². The molecule has 5 nitrogen and oxygen atoms in total. The van der Waals surface area contributed by atoms with Gasteiger partial charge in [-0.25, -0.2) is 4.18 Å². The van der Waals surface area contributed by atoms with Crippen LogP contribution < -0.4 is 0 Å². The van der Waals surface area contributed by atoms with Crippen LogP contribution in [0, 0.1) is 13.8 Å². The predicted molar refractivity (Wildman–Crippen MR) is 106 cm³/mol. The van der Waals surface area contributed by atoms with Crippen LogP contribution in [0.15, 0.2) is 65.6 Å². The molecule has 1 aliphatic rings. The maximum absolute atomic E-state index is 12.8. The first-order chi connectivity index (χ1) is 12.8. The second kappa shape index (κ2) is 7.21. The number of phenolic OH excluding ortho intramolecular Hbond substituents is 2. The van der Waals surface area contributed by atoms with Crippen molar-refractivity contribution in [2.24, 2.45) is 0 Å². The van der Waals surface area contributed by atoms with Gasteiger partial charge in [0.1, 0.15) is 16.4 Å². The number of hydrogen-bond donors (Lipinski definition) is 2. The molecule has 1 radical (unpaired) electrons. The Bertz CT molecular complexity index is 1120. The normalized spacial score (nSPS) is 16.2. The number of fused-ring (bicyclic) bond motifs is 1. The molecule has 0 aliphatic carbocycles. The van der Waals surface area contributed by atoms with Crippen LogP contribution >= 0.6 is 0 Å². The maximum Gasteiger partial charge on any atom is 0.298 e. The Kier molecular flexibility index (Phi) is 5.38. The van der Waals surface area contributed by atoms with Gasteiger partial charge in [0.2, 0.25) is 0 Å². The van der Waals surface area contributed by atoms with Crippen LogP contribution in [0.2, 0.25) is 0 Å². The molecule has 0 bridgehead atoms. The quantitative estimate of drug-likeness (QED) is 0.505. The molecule has 28 heavy (non-hydrogen) atoms. The van der Waals surface area contributed by atoms with E-state index in [-0.39, 0.29) is 46.0 Å². The molecule has 3 aromatic carbocycles. The Balaban J connectivity index is 0.00000225. The molecule has 0 saturated heterocycles. The number of rotatable bonds is 2. The molecule has 2 N–H and O–H groups in total. The van der Waals surface area contributed by atoms with E-state index in [9.17, 15) is 18.6 Å². The zero-order valence-electron chi connectivity index (χ0n) is 15.8. The van der Waals surface area contributed by atoms with E-state index in [1.807, 2.05) is 0 Å². The Labute approximate surface area is 186 Å². The molecule has 0 atom stereocenters. The summed E-state index contributed by atoms with van der Waals surface area (Å²) < 4.78 is 31.4. The van der Waals surface area contributed by atoms with Gasteiger partial charge in [-0.15, -0.1) is 0 Å². The van der Waals surface area contributed by atoms with E-state index in [1.54, 1.807) is 56.3 Å². The first-order valence-electron chi connectivity index (χ1n) is 8.41. The molecular weight excluding hydrogens is 387 g/mol. The van der Waals surface area contributed by atoms with Gasteiger partial charge in [-0.1, -0.05) is 30.3 Å². The Morgan fingerprint density at radius 1 is 0.821 bits per heavy atom. The third-order valence-electron chi connectivity index (χ3n) is 4.98. The van der Waals surface area contributed by atoms with E-state index in [0.717, 1.165) is 0 Å². The Hall–Kier alpha value is -1.83. The van der Waals surface area contributed by atoms with E-state index in [4.69, 9.17) is 4.18 Å². The third-order valence-corrected chi connectivity index (χ3v) is 6.34. The average Bonchev–Trinajstić information content (AvgIpc) is 2.89. The van der Waals surface area contributed by atoms with Gasteiger partial charge in [0.15, 0.2) is 5.60 Å². The number of hydrogen-bond acceptors (Lipinski definition) is 5. The van der Waals surface area contributed by atoms with Gasteiger partial charge >= 0.3 is 0 Å². The summed E-state index contributed by atoms with van der Waals surface area (Å²) >= 11 is 0. The van der Waals surface area contributed by atoms with Crippen molar-refractivity contribution in [2.75, 3.05) is 0 Å². The molecule has 0 unspecified atom stereocenters. The Morgan fingerprint density at radius 2 is 1.32 bits per heavy atom. The summed E-state index contributed by atoms with van der Waals surface area (Å²) in [6.07, 6.45) is 0. The van der Waals surface area contributed by atoms with Crippen LogP contribution in [0.3, 0.4) is 0 Å². The van der Waals surface area contributed by atoms with Crippen LogP contribution in [-0.2, 0) is 19.9 Å². The first kappa shape index (κ1) is 20.9. The molecule has 0 saturated carbocycles. The number of aromatic hydroxyl groups is 2. The van der Waals surface area contributed by atoms with Crippen molar-refractivity contribution in [3.05, 3.63) is 88.5 Å². The summed E-state index contributed by atoms with van der Waals surface area (Å²) in [7, 11) is -3.98. The second-order valence-electron chi connectivity index (χ2n) is 6.72. The summed E-state index contributed by atoms with van der Waals surface area (Å²) in [6, 6.07) is 16.5. The van der Waals surface area contributed by atoms with E-state index in [1.165, 1.54) is 18.2 Å². The largest absolute Gasteiger partial charge is 0.508 e. The molecular formula is C21H18NaO5S. The van der Waals surface area contributed by atoms with Crippen LogP contribution in [0.1, 0.15) is 27.8 Å². The minimum Gasteiger partial charge on any atom is -0.508 e. The van der Waals surface area contributed by atoms with Crippen LogP contribution in [0.25, 0.3) is 0 Å². The summed E-state index contributed by atoms with van der Waals surface area (Å²) in [5, 5.41) is 19.9. The van der Waals surface area contributed by atoms with Crippen LogP contribution in [0.4, 0.5) is 0 Å². The second-order valence-corrected chi connectivity index (χ2v) is 8.23. The summed E-state index contributed by atoms with van der Waals surface area (Å²) in [5.41, 5.74) is 1.47. The molecule has 0 spiro atoms. The molecule has 0 fully saturated rings. The van der Waals surface area contributed by atoms with E-state index in [0.29, 0.717) is 27.8 Å². The zero-order valence-corrected chi connectivity index (χ0v) is 18.6. The molecule has 7 heteroatoms. The van der Waals surface area contributed by atoms with Gasteiger partial charge in [0.25, 0.3) is 10.1 Å². The van der Waals surface area contributed by atoms with Gasteiger partial charge in [-0.2, -0.15) is 8.42 Å². The van der Waals surface area contributed by atoms with Crippen molar-refractivity contribution in [1.29, 1.82) is 0 Å². The minimum absolute atomic E-state index is 0. The van der Waals surface area contributed by atoms with Crippen LogP contribution in [-0.4, -0.2) is 48.2 Å². The monoisotopic (exact) mass is 405 g/mol. The molecule has 1 aliphatic heterocycles. The van der Waals surface area contributed by atoms with E-state index >= 15 is 0 Å². The predicted octanol–water partition coefficient (Wildman–Crippen LogP) is 3.34. The topological polar surface area (TPSA) is 83.8 Å².